The Labute approximate surface area is 152 Å². The van der Waals surface area contributed by atoms with Crippen molar-refractivity contribution in [1.29, 1.82) is 0 Å². The third kappa shape index (κ3) is 3.60. The first-order valence-electron chi connectivity index (χ1n) is 6.13. The maximum absolute atomic E-state index is 12.8. The lowest BCUT2D eigenvalue weighted by atomic mass is 10.2. The van der Waals surface area contributed by atoms with E-state index in [2.05, 4.69) is 21.0 Å². The number of carboxylic acids is 1. The van der Waals surface area contributed by atoms with Crippen molar-refractivity contribution in [2.45, 2.75) is 11.1 Å². The fourth-order valence-electron chi connectivity index (χ4n) is 2.02. The normalized spacial score (nSPS) is 12.4. The van der Waals surface area contributed by atoms with Gasteiger partial charge in [-0.15, -0.1) is 0 Å². The summed E-state index contributed by atoms with van der Waals surface area (Å²) in [5.41, 5.74) is 3.50. The number of halogens is 5. The second-order valence-electron chi connectivity index (χ2n) is 4.84. The van der Waals surface area contributed by atoms with Crippen LogP contribution in [0.1, 0.15) is 16.1 Å². The molecule has 2 aromatic rings. The highest BCUT2D eigenvalue weighted by Crippen LogP contribution is 2.39. The topological polar surface area (TPSA) is 115 Å². The van der Waals surface area contributed by atoms with Crippen molar-refractivity contribution in [2.24, 2.45) is 0 Å². The van der Waals surface area contributed by atoms with Crippen molar-refractivity contribution in [2.75, 3.05) is 12.0 Å². The Kier molecular flexibility index (Phi) is 4.83. The Morgan fingerprint density at radius 1 is 1.40 bits per heavy atom. The largest absolute Gasteiger partial charge is 0.476 e. The minimum Gasteiger partial charge on any atom is -0.476 e. The lowest BCUT2D eigenvalue weighted by molar-refractivity contribution is -0.137. The predicted molar refractivity (Wildman–Crippen MR) is 85.8 cm³/mol. The average Bonchev–Trinajstić information content (AvgIpc) is 2.75. The molecule has 0 bridgehead atoms. The molecule has 25 heavy (non-hydrogen) atoms. The average molecular weight is 463 g/mol. The summed E-state index contributed by atoms with van der Waals surface area (Å²) >= 11 is 8.74. The van der Waals surface area contributed by atoms with Gasteiger partial charge in [0.15, 0.2) is 15.5 Å². The van der Waals surface area contributed by atoms with Gasteiger partial charge < -0.3 is 10.8 Å². The molecule has 7 nitrogen and oxygen atoms in total. The molecule has 0 radical (unpaired) electrons. The molecule has 0 atom stereocenters. The van der Waals surface area contributed by atoms with Gasteiger partial charge in [-0.1, -0.05) is 11.6 Å². The van der Waals surface area contributed by atoms with Crippen molar-refractivity contribution in [3.63, 3.8) is 0 Å². The second-order valence-corrected chi connectivity index (χ2v) is 8.05. The highest BCUT2D eigenvalue weighted by atomic mass is 79.9. The van der Waals surface area contributed by atoms with Gasteiger partial charge in [0.1, 0.15) is 10.7 Å². The van der Waals surface area contributed by atoms with Crippen LogP contribution in [0, 0.1) is 0 Å². The van der Waals surface area contributed by atoms with Crippen LogP contribution in [0.5, 0.6) is 0 Å². The van der Waals surface area contributed by atoms with E-state index in [1.807, 2.05) is 0 Å². The second kappa shape index (κ2) is 6.18. The van der Waals surface area contributed by atoms with Crippen LogP contribution < -0.4 is 5.73 Å². The number of nitrogens with two attached hydrogens (primary N) is 1. The predicted octanol–water partition coefficient (Wildman–Crippen LogP) is 2.99. The van der Waals surface area contributed by atoms with Crippen LogP contribution in [0.15, 0.2) is 21.5 Å². The number of nitrogen functional groups attached to an aromatic ring is 1. The van der Waals surface area contributed by atoms with Crippen molar-refractivity contribution in [1.82, 2.24) is 9.78 Å². The minimum absolute atomic E-state index is 0.210. The van der Waals surface area contributed by atoms with E-state index in [1.165, 1.54) is 0 Å². The van der Waals surface area contributed by atoms with Gasteiger partial charge in [-0.25, -0.2) is 17.9 Å². The van der Waals surface area contributed by atoms with Crippen LogP contribution >= 0.6 is 27.5 Å². The van der Waals surface area contributed by atoms with Gasteiger partial charge in [0, 0.05) is 10.7 Å². The summed E-state index contributed by atoms with van der Waals surface area (Å²) < 4.78 is 62.5. The molecule has 0 saturated heterocycles. The van der Waals surface area contributed by atoms with E-state index in [4.69, 9.17) is 22.4 Å². The number of aromatic carboxylic acids is 1. The molecule has 0 spiro atoms. The van der Waals surface area contributed by atoms with Gasteiger partial charge in [0.25, 0.3) is 0 Å². The third-order valence-electron chi connectivity index (χ3n) is 3.01. The number of carboxylic acid groups (broad SMARTS) is 1. The molecule has 1 heterocycles. The van der Waals surface area contributed by atoms with Crippen LogP contribution in [0.2, 0.25) is 5.02 Å². The fraction of sp³-hybridized carbons (Fsp3) is 0.167. The maximum Gasteiger partial charge on any atom is 0.416 e. The summed E-state index contributed by atoms with van der Waals surface area (Å²) in [4.78, 5) is 10.5. The molecule has 136 valence electrons. The summed E-state index contributed by atoms with van der Waals surface area (Å²) in [7, 11) is -4.08. The van der Waals surface area contributed by atoms with Crippen molar-refractivity contribution in [3.05, 3.63) is 32.9 Å². The lowest BCUT2D eigenvalue weighted by Crippen LogP contribution is -2.09. The standard InChI is InChI=1S/C12H8BrClF3N3O4S/c1-25(23,24)9-7(11(21)22)19-20(10(9)18)8-5(13)2-4(3-6(8)14)12(15,16)17/h2-3H,18H2,1H3,(H,21,22). The number of sulfone groups is 1. The molecule has 0 aliphatic carbocycles. The summed E-state index contributed by atoms with van der Waals surface area (Å²) in [5.74, 6) is -2.27. The highest BCUT2D eigenvalue weighted by molar-refractivity contribution is 9.10. The zero-order valence-electron chi connectivity index (χ0n) is 12.1. The number of benzene rings is 1. The molecular formula is C12H8BrClF3N3O4S. The number of aromatic nitrogens is 2. The van der Waals surface area contributed by atoms with Crippen molar-refractivity contribution in [3.8, 4) is 5.69 Å². The number of hydrogen-bond acceptors (Lipinski definition) is 5. The zero-order valence-corrected chi connectivity index (χ0v) is 15.3. The fourth-order valence-corrected chi connectivity index (χ4v) is 4.01. The quantitative estimate of drug-likeness (QED) is 0.725. The van der Waals surface area contributed by atoms with E-state index in [1.54, 1.807) is 0 Å². The molecule has 3 N–H and O–H groups in total. The smallest absolute Gasteiger partial charge is 0.416 e. The Morgan fingerprint density at radius 2 is 1.96 bits per heavy atom. The molecule has 2 rings (SSSR count). The van der Waals surface area contributed by atoms with Gasteiger partial charge in [-0.2, -0.15) is 18.3 Å². The van der Waals surface area contributed by atoms with Crippen molar-refractivity contribution >= 4 is 49.2 Å². The molecule has 1 aromatic heterocycles. The Morgan fingerprint density at radius 3 is 2.32 bits per heavy atom. The van der Waals surface area contributed by atoms with E-state index in [9.17, 15) is 26.4 Å². The number of alkyl halides is 3. The number of anilines is 1. The first-order valence-corrected chi connectivity index (χ1v) is 9.19. The highest BCUT2D eigenvalue weighted by Gasteiger charge is 2.34. The van der Waals surface area contributed by atoms with E-state index >= 15 is 0 Å². The number of rotatable bonds is 3. The summed E-state index contributed by atoms with van der Waals surface area (Å²) in [6.45, 7) is 0. The SMILES string of the molecule is CS(=O)(=O)c1c(C(=O)O)nn(-c2c(Cl)cc(C(F)(F)F)cc2Br)c1N. The van der Waals surface area contributed by atoms with E-state index in [-0.39, 0.29) is 10.2 Å². The number of nitrogens with zero attached hydrogens (tertiary/aromatic N) is 2. The summed E-state index contributed by atoms with van der Waals surface area (Å²) in [5, 5.41) is 12.2. The third-order valence-corrected chi connectivity index (χ3v) is 5.04. The molecule has 0 fully saturated rings. The maximum atomic E-state index is 12.8. The zero-order chi connectivity index (χ0) is 19.3. The molecule has 0 aliphatic heterocycles. The van der Waals surface area contributed by atoms with Crippen LogP contribution in [0.4, 0.5) is 19.0 Å². The minimum atomic E-state index is -4.68. The molecule has 0 amide bonds. The van der Waals surface area contributed by atoms with Gasteiger partial charge in [0.05, 0.1) is 16.3 Å². The molecule has 0 unspecified atom stereocenters. The lowest BCUT2D eigenvalue weighted by Gasteiger charge is -2.13. The van der Waals surface area contributed by atoms with Crippen molar-refractivity contribution < 1.29 is 31.5 Å². The summed E-state index contributed by atoms with van der Waals surface area (Å²) in [6.07, 6.45) is -3.95. The Hall–Kier alpha value is -1.79. The first kappa shape index (κ1) is 19.5. The van der Waals surface area contributed by atoms with Gasteiger partial charge in [-0.05, 0) is 28.1 Å². The molecule has 1 aromatic carbocycles. The van der Waals surface area contributed by atoms with E-state index < -0.39 is 49.0 Å². The van der Waals surface area contributed by atoms with Crippen LogP contribution in [-0.2, 0) is 16.0 Å². The molecule has 0 saturated carbocycles. The van der Waals surface area contributed by atoms with Gasteiger partial charge >= 0.3 is 12.1 Å². The monoisotopic (exact) mass is 461 g/mol. The number of carbonyl (C=O) groups is 1. The molecule has 13 heteroatoms. The van der Waals surface area contributed by atoms with Crippen LogP contribution in [-0.4, -0.2) is 35.5 Å². The summed E-state index contributed by atoms with van der Waals surface area (Å²) in [6, 6.07) is 1.27. The van der Waals surface area contributed by atoms with E-state index in [0.29, 0.717) is 16.8 Å². The van der Waals surface area contributed by atoms with Gasteiger partial charge in [0.2, 0.25) is 0 Å². The van der Waals surface area contributed by atoms with Crippen LogP contribution in [0.25, 0.3) is 5.69 Å². The van der Waals surface area contributed by atoms with Crippen LogP contribution in [0.3, 0.4) is 0 Å². The van der Waals surface area contributed by atoms with Gasteiger partial charge in [-0.3, -0.25) is 0 Å². The van der Waals surface area contributed by atoms with E-state index in [0.717, 1.165) is 6.26 Å². The Bertz CT molecular complexity index is 965. The molecular weight excluding hydrogens is 455 g/mol. The number of hydrogen-bond donors (Lipinski definition) is 2. The first-order chi connectivity index (χ1) is 11.2. The Balaban J connectivity index is 2.83. The molecule has 0 aliphatic rings.